The number of hydrogen-bond acceptors (Lipinski definition) is 5. The van der Waals surface area contributed by atoms with Crippen LogP contribution in [0.4, 0.5) is 0 Å². The largest absolute Gasteiger partial charge is 0.273 e. The maximum atomic E-state index is 4.38. The van der Waals surface area contributed by atoms with E-state index in [1.807, 2.05) is 37.4 Å². The van der Waals surface area contributed by atoms with Gasteiger partial charge in [0.2, 0.25) is 0 Å². The van der Waals surface area contributed by atoms with Crippen molar-refractivity contribution in [2.75, 3.05) is 0 Å². The molecule has 0 spiro atoms. The van der Waals surface area contributed by atoms with E-state index in [-0.39, 0.29) is 0 Å². The number of thiophene rings is 1. The van der Waals surface area contributed by atoms with E-state index in [2.05, 4.69) is 20.4 Å². The third-order valence-electron chi connectivity index (χ3n) is 2.56. The van der Waals surface area contributed by atoms with E-state index in [0.29, 0.717) is 5.95 Å². The Bertz CT molecular complexity index is 706. The van der Waals surface area contributed by atoms with Crippen LogP contribution in [0.15, 0.2) is 35.0 Å². The Hall–Kier alpha value is -2.28. The molecule has 0 aromatic carbocycles. The lowest BCUT2D eigenvalue weighted by molar-refractivity contribution is 0.717. The highest BCUT2D eigenvalue weighted by Gasteiger charge is 2.10. The van der Waals surface area contributed by atoms with Crippen LogP contribution in [0, 0.1) is 13.8 Å². The zero-order valence-electron chi connectivity index (χ0n) is 10.6. The Morgan fingerprint density at radius 3 is 2.95 bits per heavy atom. The zero-order chi connectivity index (χ0) is 13.2. The van der Waals surface area contributed by atoms with E-state index in [0.717, 1.165) is 16.3 Å². The Labute approximate surface area is 114 Å². The van der Waals surface area contributed by atoms with Crippen molar-refractivity contribution in [1.29, 1.82) is 0 Å². The Balaban J connectivity index is 1.97. The van der Waals surface area contributed by atoms with Crippen LogP contribution in [0.5, 0.6) is 0 Å². The first-order valence-electron chi connectivity index (χ1n) is 5.75. The van der Waals surface area contributed by atoms with Crippen LogP contribution in [0.25, 0.3) is 5.95 Å². The molecule has 3 rings (SSSR count). The van der Waals surface area contributed by atoms with E-state index in [1.165, 1.54) is 0 Å². The predicted octanol–water partition coefficient (Wildman–Crippen LogP) is 2.02. The lowest BCUT2D eigenvalue weighted by atomic mass is 10.4. The quantitative estimate of drug-likeness (QED) is 0.685. The third kappa shape index (κ3) is 2.32. The summed E-state index contributed by atoms with van der Waals surface area (Å²) in [6.45, 7) is 3.92. The molecule has 0 aliphatic rings. The second kappa shape index (κ2) is 4.77. The first-order valence-corrected chi connectivity index (χ1v) is 6.63. The fourth-order valence-corrected chi connectivity index (χ4v) is 2.34. The molecule has 0 unspecified atom stereocenters. The van der Waals surface area contributed by atoms with E-state index in [4.69, 9.17) is 0 Å². The number of aromatic nitrogens is 5. The van der Waals surface area contributed by atoms with Gasteiger partial charge in [-0.3, -0.25) is 0 Å². The molecule has 3 aromatic rings. The first kappa shape index (κ1) is 11.8. The molecular formula is C12H12N6S. The summed E-state index contributed by atoms with van der Waals surface area (Å²) in [4.78, 5) is 1.08. The Morgan fingerprint density at radius 2 is 2.26 bits per heavy atom. The minimum atomic E-state index is 0.582. The highest BCUT2D eigenvalue weighted by atomic mass is 32.1. The molecule has 7 heteroatoms. The van der Waals surface area contributed by atoms with Crippen molar-refractivity contribution in [2.45, 2.75) is 13.8 Å². The molecule has 6 nitrogen and oxygen atoms in total. The highest BCUT2D eigenvalue weighted by Crippen LogP contribution is 2.10. The van der Waals surface area contributed by atoms with Crippen molar-refractivity contribution in [3.8, 4) is 5.95 Å². The summed E-state index contributed by atoms with van der Waals surface area (Å²) < 4.78 is 3.34. The topological polar surface area (TPSA) is 60.9 Å². The Morgan fingerprint density at radius 1 is 1.37 bits per heavy atom. The summed E-state index contributed by atoms with van der Waals surface area (Å²) in [5.41, 5.74) is 1.94. The minimum Gasteiger partial charge on any atom is -0.202 e. The molecule has 0 aliphatic heterocycles. The van der Waals surface area contributed by atoms with Crippen LogP contribution in [-0.4, -0.2) is 30.9 Å². The summed E-state index contributed by atoms with van der Waals surface area (Å²) in [6.07, 6.45) is 3.35. The maximum Gasteiger partial charge on any atom is 0.273 e. The van der Waals surface area contributed by atoms with Crippen LogP contribution in [-0.2, 0) is 0 Å². The number of aryl methyl sites for hydroxylation is 2. The SMILES string of the molecule is Cc1cc(C)n(-c2nncn2/N=C\c2cccs2)n1. The first-order chi connectivity index (χ1) is 9.24. The molecule has 0 N–H and O–H groups in total. The van der Waals surface area contributed by atoms with Gasteiger partial charge in [-0.2, -0.15) is 14.9 Å². The smallest absolute Gasteiger partial charge is 0.202 e. The fraction of sp³-hybridized carbons (Fsp3) is 0.167. The maximum absolute atomic E-state index is 4.38. The van der Waals surface area contributed by atoms with Gasteiger partial charge in [0.05, 0.1) is 11.9 Å². The van der Waals surface area contributed by atoms with E-state index >= 15 is 0 Å². The molecular weight excluding hydrogens is 260 g/mol. The number of rotatable bonds is 3. The third-order valence-corrected chi connectivity index (χ3v) is 3.37. The molecule has 19 heavy (non-hydrogen) atoms. The highest BCUT2D eigenvalue weighted by molar-refractivity contribution is 7.11. The summed E-state index contributed by atoms with van der Waals surface area (Å²) in [5, 5.41) is 18.7. The van der Waals surface area contributed by atoms with Gasteiger partial charge in [-0.05, 0) is 31.4 Å². The van der Waals surface area contributed by atoms with E-state index < -0.39 is 0 Å². The van der Waals surface area contributed by atoms with Crippen LogP contribution in [0.1, 0.15) is 16.3 Å². The lowest BCUT2D eigenvalue weighted by Crippen LogP contribution is -2.06. The Kier molecular flexibility index (Phi) is 2.96. The van der Waals surface area contributed by atoms with Crippen molar-refractivity contribution in [3.05, 3.63) is 46.2 Å². The van der Waals surface area contributed by atoms with Crippen molar-refractivity contribution in [1.82, 2.24) is 24.7 Å². The van der Waals surface area contributed by atoms with Crippen molar-refractivity contribution >= 4 is 17.6 Å². The van der Waals surface area contributed by atoms with Gasteiger partial charge in [0.15, 0.2) is 0 Å². The lowest BCUT2D eigenvalue weighted by Gasteiger charge is -2.01. The number of hydrogen-bond donors (Lipinski definition) is 0. The van der Waals surface area contributed by atoms with Crippen molar-refractivity contribution < 1.29 is 0 Å². The van der Waals surface area contributed by atoms with E-state index in [1.54, 1.807) is 33.2 Å². The molecule has 0 bridgehead atoms. The average molecular weight is 272 g/mol. The second-order valence-electron chi connectivity index (χ2n) is 4.07. The van der Waals surface area contributed by atoms with Gasteiger partial charge in [-0.15, -0.1) is 21.5 Å². The van der Waals surface area contributed by atoms with Crippen LogP contribution < -0.4 is 0 Å². The summed E-state index contributed by atoms with van der Waals surface area (Å²) in [5.74, 6) is 0.582. The molecule has 0 saturated carbocycles. The molecule has 0 atom stereocenters. The predicted molar refractivity (Wildman–Crippen MR) is 73.9 cm³/mol. The second-order valence-corrected chi connectivity index (χ2v) is 5.05. The van der Waals surface area contributed by atoms with Crippen molar-refractivity contribution in [3.63, 3.8) is 0 Å². The molecule has 0 aliphatic carbocycles. The molecule has 0 fully saturated rings. The van der Waals surface area contributed by atoms with Gasteiger partial charge in [0.1, 0.15) is 6.33 Å². The van der Waals surface area contributed by atoms with Gasteiger partial charge < -0.3 is 0 Å². The van der Waals surface area contributed by atoms with Crippen LogP contribution >= 0.6 is 11.3 Å². The zero-order valence-corrected chi connectivity index (χ0v) is 11.4. The molecule has 0 saturated heterocycles. The van der Waals surface area contributed by atoms with E-state index in [9.17, 15) is 0 Å². The molecule has 3 aromatic heterocycles. The molecule has 3 heterocycles. The average Bonchev–Trinajstić information content (AvgIpc) is 3.07. The standard InChI is InChI=1S/C12H12N6S/c1-9-6-10(2)18(16-9)12-15-13-8-17(12)14-7-11-4-3-5-19-11/h3-8H,1-2H3/b14-7-. The van der Waals surface area contributed by atoms with Gasteiger partial charge in [0.25, 0.3) is 5.95 Å². The van der Waals surface area contributed by atoms with Gasteiger partial charge in [0, 0.05) is 10.6 Å². The van der Waals surface area contributed by atoms with Crippen LogP contribution in [0.3, 0.4) is 0 Å². The molecule has 96 valence electrons. The minimum absolute atomic E-state index is 0.582. The van der Waals surface area contributed by atoms with Gasteiger partial charge >= 0.3 is 0 Å². The number of nitrogens with zero attached hydrogens (tertiary/aromatic N) is 6. The summed E-state index contributed by atoms with van der Waals surface area (Å²) in [7, 11) is 0. The summed E-state index contributed by atoms with van der Waals surface area (Å²) in [6, 6.07) is 5.98. The molecule has 0 radical (unpaired) electrons. The van der Waals surface area contributed by atoms with Gasteiger partial charge in [-0.1, -0.05) is 6.07 Å². The fourth-order valence-electron chi connectivity index (χ4n) is 1.76. The van der Waals surface area contributed by atoms with Gasteiger partial charge in [-0.25, -0.2) is 4.68 Å². The van der Waals surface area contributed by atoms with Crippen molar-refractivity contribution in [2.24, 2.45) is 5.10 Å². The normalized spacial score (nSPS) is 11.5. The van der Waals surface area contributed by atoms with Crippen LogP contribution in [0.2, 0.25) is 0 Å². The monoisotopic (exact) mass is 272 g/mol. The summed E-state index contributed by atoms with van der Waals surface area (Å²) >= 11 is 1.63. The molecule has 0 amide bonds.